The van der Waals surface area contributed by atoms with E-state index in [1.807, 2.05) is 31.2 Å². The van der Waals surface area contributed by atoms with Gasteiger partial charge in [0.05, 0.1) is 6.61 Å². The van der Waals surface area contributed by atoms with Crippen LogP contribution in [-0.4, -0.2) is 11.7 Å². The number of rotatable bonds is 2. The molecule has 0 heterocycles. The first-order valence-corrected chi connectivity index (χ1v) is 3.88. The molecule has 0 amide bonds. The van der Waals surface area contributed by atoms with Gasteiger partial charge in [0.25, 0.3) is 0 Å². The lowest BCUT2D eigenvalue weighted by atomic mass is 10.1. The van der Waals surface area contributed by atoms with Gasteiger partial charge in [-0.25, -0.2) is 0 Å². The molecule has 0 unspecified atom stereocenters. The molecule has 0 saturated heterocycles. The Labute approximate surface area is 72.3 Å². The van der Waals surface area contributed by atoms with Crippen molar-refractivity contribution in [2.45, 2.75) is 6.92 Å². The first-order chi connectivity index (χ1) is 5.75. The number of nitrogen functional groups attached to an aromatic ring is 1. The zero-order valence-corrected chi connectivity index (χ0v) is 7.12. The Morgan fingerprint density at radius 2 is 2.25 bits per heavy atom. The van der Waals surface area contributed by atoms with E-state index in [9.17, 15) is 0 Å². The van der Waals surface area contributed by atoms with Crippen LogP contribution in [0.15, 0.2) is 24.3 Å². The van der Waals surface area contributed by atoms with Crippen LogP contribution in [0.1, 0.15) is 11.1 Å². The zero-order chi connectivity index (χ0) is 8.97. The Kier molecular flexibility index (Phi) is 2.88. The Morgan fingerprint density at radius 3 is 2.92 bits per heavy atom. The van der Waals surface area contributed by atoms with E-state index in [4.69, 9.17) is 10.8 Å². The molecule has 0 fully saturated rings. The highest BCUT2D eigenvalue weighted by molar-refractivity contribution is 5.62. The standard InChI is InChI=1S/C10H13NO/c1-8-9(5-3-7-12)4-2-6-10(8)11/h2-6,12H,7,11H2,1H3. The molecule has 64 valence electrons. The van der Waals surface area contributed by atoms with Gasteiger partial charge in [0, 0.05) is 5.69 Å². The lowest BCUT2D eigenvalue weighted by Gasteiger charge is -2.02. The van der Waals surface area contributed by atoms with E-state index < -0.39 is 0 Å². The van der Waals surface area contributed by atoms with Crippen LogP contribution in [0.2, 0.25) is 0 Å². The molecule has 0 saturated carbocycles. The molecule has 12 heavy (non-hydrogen) atoms. The molecule has 0 aliphatic carbocycles. The number of aliphatic hydroxyl groups is 1. The predicted molar refractivity (Wildman–Crippen MR) is 51.7 cm³/mol. The average Bonchev–Trinajstić information content (AvgIpc) is 2.08. The van der Waals surface area contributed by atoms with Gasteiger partial charge in [-0.1, -0.05) is 24.3 Å². The fraction of sp³-hybridized carbons (Fsp3) is 0.200. The van der Waals surface area contributed by atoms with Gasteiger partial charge in [0.1, 0.15) is 0 Å². The topological polar surface area (TPSA) is 46.2 Å². The number of hydrogen-bond donors (Lipinski definition) is 2. The van der Waals surface area contributed by atoms with Crippen LogP contribution in [0, 0.1) is 6.92 Å². The van der Waals surface area contributed by atoms with Crippen LogP contribution in [0.3, 0.4) is 0 Å². The monoisotopic (exact) mass is 163 g/mol. The van der Waals surface area contributed by atoms with Gasteiger partial charge in [-0.05, 0) is 24.1 Å². The molecule has 2 heteroatoms. The summed E-state index contributed by atoms with van der Waals surface area (Å²) in [7, 11) is 0. The molecule has 0 spiro atoms. The predicted octanol–water partition coefficient (Wildman–Crippen LogP) is 1.58. The summed E-state index contributed by atoms with van der Waals surface area (Å²) in [5.41, 5.74) is 8.60. The van der Waals surface area contributed by atoms with Crippen molar-refractivity contribution in [3.05, 3.63) is 35.4 Å². The minimum absolute atomic E-state index is 0.0637. The van der Waals surface area contributed by atoms with E-state index in [2.05, 4.69) is 0 Å². The van der Waals surface area contributed by atoms with Crippen molar-refractivity contribution in [1.29, 1.82) is 0 Å². The van der Waals surface area contributed by atoms with E-state index in [0.717, 1.165) is 16.8 Å². The van der Waals surface area contributed by atoms with Crippen LogP contribution in [0.25, 0.3) is 6.08 Å². The van der Waals surface area contributed by atoms with Gasteiger partial charge in [-0.15, -0.1) is 0 Å². The number of anilines is 1. The van der Waals surface area contributed by atoms with E-state index in [-0.39, 0.29) is 6.61 Å². The maximum atomic E-state index is 8.57. The third kappa shape index (κ3) is 1.86. The van der Waals surface area contributed by atoms with E-state index in [1.54, 1.807) is 6.08 Å². The van der Waals surface area contributed by atoms with E-state index in [1.165, 1.54) is 0 Å². The molecule has 0 aromatic heterocycles. The molecule has 0 aliphatic rings. The van der Waals surface area contributed by atoms with Gasteiger partial charge in [0.2, 0.25) is 0 Å². The highest BCUT2D eigenvalue weighted by Crippen LogP contribution is 2.16. The molecule has 1 aromatic carbocycles. The first kappa shape index (κ1) is 8.81. The summed E-state index contributed by atoms with van der Waals surface area (Å²) < 4.78 is 0. The van der Waals surface area contributed by atoms with Gasteiger partial charge in [-0.2, -0.15) is 0 Å². The molecule has 0 bridgehead atoms. The average molecular weight is 163 g/mol. The summed E-state index contributed by atoms with van der Waals surface area (Å²) >= 11 is 0. The van der Waals surface area contributed by atoms with Gasteiger partial charge in [0.15, 0.2) is 0 Å². The molecule has 1 rings (SSSR count). The van der Waals surface area contributed by atoms with E-state index in [0.29, 0.717) is 0 Å². The lowest BCUT2D eigenvalue weighted by molar-refractivity contribution is 0.343. The van der Waals surface area contributed by atoms with Crippen molar-refractivity contribution >= 4 is 11.8 Å². The van der Waals surface area contributed by atoms with Crippen molar-refractivity contribution in [1.82, 2.24) is 0 Å². The number of nitrogens with two attached hydrogens (primary N) is 1. The summed E-state index contributed by atoms with van der Waals surface area (Å²) in [4.78, 5) is 0. The Balaban J connectivity index is 3.00. The fourth-order valence-corrected chi connectivity index (χ4v) is 1.03. The SMILES string of the molecule is Cc1c(N)cccc1C=CCO. The fourth-order valence-electron chi connectivity index (χ4n) is 1.03. The van der Waals surface area contributed by atoms with E-state index >= 15 is 0 Å². The summed E-state index contributed by atoms with van der Waals surface area (Å²) in [6.07, 6.45) is 3.56. The first-order valence-electron chi connectivity index (χ1n) is 3.88. The maximum Gasteiger partial charge on any atom is 0.0615 e. The molecule has 0 atom stereocenters. The van der Waals surface area contributed by atoms with Crippen LogP contribution in [0.5, 0.6) is 0 Å². The summed E-state index contributed by atoms with van der Waals surface area (Å²) in [6.45, 7) is 2.03. The molecular formula is C10H13NO. The molecule has 0 radical (unpaired) electrons. The number of hydrogen-bond acceptors (Lipinski definition) is 2. The number of aliphatic hydroxyl groups excluding tert-OH is 1. The third-order valence-electron chi connectivity index (χ3n) is 1.82. The Bertz CT molecular complexity index is 292. The zero-order valence-electron chi connectivity index (χ0n) is 7.12. The highest BCUT2D eigenvalue weighted by Gasteiger charge is 1.95. The van der Waals surface area contributed by atoms with Gasteiger partial charge in [-0.3, -0.25) is 0 Å². The quantitative estimate of drug-likeness (QED) is 0.650. The molecule has 0 aliphatic heterocycles. The van der Waals surface area contributed by atoms with Crippen molar-refractivity contribution in [3.8, 4) is 0 Å². The second kappa shape index (κ2) is 3.93. The minimum atomic E-state index is 0.0637. The minimum Gasteiger partial charge on any atom is -0.398 e. The van der Waals surface area contributed by atoms with Crippen LogP contribution in [0.4, 0.5) is 5.69 Å². The van der Waals surface area contributed by atoms with Crippen molar-refractivity contribution in [3.63, 3.8) is 0 Å². The summed E-state index contributed by atoms with van der Waals surface area (Å²) in [5.74, 6) is 0. The number of benzene rings is 1. The second-order valence-electron chi connectivity index (χ2n) is 2.65. The van der Waals surface area contributed by atoms with Crippen LogP contribution in [-0.2, 0) is 0 Å². The molecule has 1 aromatic rings. The van der Waals surface area contributed by atoms with Crippen molar-refractivity contribution in [2.75, 3.05) is 12.3 Å². The largest absolute Gasteiger partial charge is 0.398 e. The molecule has 2 nitrogen and oxygen atoms in total. The van der Waals surface area contributed by atoms with Crippen molar-refractivity contribution in [2.24, 2.45) is 0 Å². The third-order valence-corrected chi connectivity index (χ3v) is 1.82. The summed E-state index contributed by atoms with van der Waals surface area (Å²) in [6, 6.07) is 5.74. The summed E-state index contributed by atoms with van der Waals surface area (Å²) in [5, 5.41) is 8.57. The van der Waals surface area contributed by atoms with Crippen molar-refractivity contribution < 1.29 is 5.11 Å². The molecular weight excluding hydrogens is 150 g/mol. The second-order valence-corrected chi connectivity index (χ2v) is 2.65. The Hall–Kier alpha value is -1.28. The normalized spacial score (nSPS) is 10.8. The lowest BCUT2D eigenvalue weighted by Crippen LogP contribution is -1.91. The van der Waals surface area contributed by atoms with Crippen LogP contribution < -0.4 is 5.73 Å². The van der Waals surface area contributed by atoms with Gasteiger partial charge < -0.3 is 10.8 Å². The van der Waals surface area contributed by atoms with Gasteiger partial charge >= 0.3 is 0 Å². The maximum absolute atomic E-state index is 8.57. The highest BCUT2D eigenvalue weighted by atomic mass is 16.2. The van der Waals surface area contributed by atoms with Crippen LogP contribution >= 0.6 is 0 Å². The smallest absolute Gasteiger partial charge is 0.0615 e. The molecule has 3 N–H and O–H groups in total. The Morgan fingerprint density at radius 1 is 1.50 bits per heavy atom.